The predicted molar refractivity (Wildman–Crippen MR) is 101 cm³/mol. The van der Waals surface area contributed by atoms with Crippen LogP contribution in [0.25, 0.3) is 0 Å². The number of aliphatic hydroxyl groups excluding tert-OH is 1. The van der Waals surface area contributed by atoms with Crippen molar-refractivity contribution in [3.8, 4) is 0 Å². The molecule has 0 heterocycles. The van der Waals surface area contributed by atoms with E-state index in [1.54, 1.807) is 0 Å². The Bertz CT molecular complexity index is 520. The molecule has 4 aliphatic rings. The molecule has 0 aromatic carbocycles. The molecule has 0 aliphatic heterocycles. The van der Waals surface area contributed by atoms with Gasteiger partial charge in [0.15, 0.2) is 0 Å². The SMILES string of the molecule is CNC1CCC2(C)C(CCC3C2CCC2(C)C3CCC(O)C2(C)O)C1. The standard InChI is InChI=1S/C22H39NO2/c1-20-11-9-15(23-4)13-14(20)5-6-16-17(20)10-12-21(2)18(16)7-8-19(24)22(21,3)25/h14-19,23-25H,5-13H2,1-4H3. The summed E-state index contributed by atoms with van der Waals surface area (Å²) in [7, 11) is 2.13. The molecule has 25 heavy (non-hydrogen) atoms. The molecule has 0 aromatic rings. The Morgan fingerprint density at radius 2 is 1.64 bits per heavy atom. The van der Waals surface area contributed by atoms with E-state index in [4.69, 9.17) is 0 Å². The molecular weight excluding hydrogens is 310 g/mol. The van der Waals surface area contributed by atoms with Crippen molar-refractivity contribution in [3.63, 3.8) is 0 Å². The summed E-state index contributed by atoms with van der Waals surface area (Å²) in [6, 6.07) is 0.717. The van der Waals surface area contributed by atoms with Gasteiger partial charge in [-0.1, -0.05) is 13.8 Å². The lowest BCUT2D eigenvalue weighted by Gasteiger charge is -2.65. The van der Waals surface area contributed by atoms with Gasteiger partial charge in [-0.15, -0.1) is 0 Å². The van der Waals surface area contributed by atoms with Gasteiger partial charge in [-0.3, -0.25) is 0 Å². The molecule has 4 rings (SSSR count). The third kappa shape index (κ3) is 2.41. The maximum Gasteiger partial charge on any atom is 0.0933 e. The smallest absolute Gasteiger partial charge is 0.0933 e. The minimum Gasteiger partial charge on any atom is -0.390 e. The van der Waals surface area contributed by atoms with E-state index >= 15 is 0 Å². The van der Waals surface area contributed by atoms with Crippen molar-refractivity contribution in [2.75, 3.05) is 7.05 Å². The van der Waals surface area contributed by atoms with Crippen LogP contribution in [0.3, 0.4) is 0 Å². The molecule has 3 nitrogen and oxygen atoms in total. The van der Waals surface area contributed by atoms with Crippen LogP contribution in [-0.4, -0.2) is 35.0 Å². The van der Waals surface area contributed by atoms with Gasteiger partial charge in [-0.05, 0) is 101 Å². The molecule has 0 spiro atoms. The molecule has 3 heteroatoms. The summed E-state index contributed by atoms with van der Waals surface area (Å²) in [5, 5.41) is 25.2. The number of fused-ring (bicyclic) bond motifs is 5. The summed E-state index contributed by atoms with van der Waals surface area (Å²) in [5.41, 5.74) is -0.543. The largest absolute Gasteiger partial charge is 0.390 e. The van der Waals surface area contributed by atoms with Crippen molar-refractivity contribution >= 4 is 0 Å². The number of hydrogen-bond acceptors (Lipinski definition) is 3. The highest BCUT2D eigenvalue weighted by molar-refractivity contribution is 5.13. The molecule has 4 fully saturated rings. The maximum atomic E-state index is 11.2. The fourth-order valence-corrected chi connectivity index (χ4v) is 8.00. The van der Waals surface area contributed by atoms with Gasteiger partial charge in [0, 0.05) is 11.5 Å². The monoisotopic (exact) mass is 349 g/mol. The van der Waals surface area contributed by atoms with E-state index in [2.05, 4.69) is 26.2 Å². The van der Waals surface area contributed by atoms with Gasteiger partial charge in [0.1, 0.15) is 0 Å². The first-order valence-electron chi connectivity index (χ1n) is 10.8. The molecule has 0 radical (unpaired) electrons. The maximum absolute atomic E-state index is 11.2. The van der Waals surface area contributed by atoms with Gasteiger partial charge >= 0.3 is 0 Å². The highest BCUT2D eigenvalue weighted by atomic mass is 16.3. The Kier molecular flexibility index (Phi) is 4.34. The summed E-state index contributed by atoms with van der Waals surface area (Å²) in [5.74, 6) is 3.04. The summed E-state index contributed by atoms with van der Waals surface area (Å²) < 4.78 is 0. The van der Waals surface area contributed by atoms with Crippen LogP contribution < -0.4 is 5.32 Å². The van der Waals surface area contributed by atoms with E-state index in [0.717, 1.165) is 37.0 Å². The molecule has 0 saturated heterocycles. The van der Waals surface area contributed by atoms with Gasteiger partial charge in [-0.25, -0.2) is 0 Å². The highest BCUT2D eigenvalue weighted by Gasteiger charge is 2.63. The van der Waals surface area contributed by atoms with Crippen LogP contribution >= 0.6 is 0 Å². The van der Waals surface area contributed by atoms with Crippen LogP contribution in [0.4, 0.5) is 0 Å². The molecule has 4 aliphatic carbocycles. The number of nitrogens with one attached hydrogen (secondary N) is 1. The van der Waals surface area contributed by atoms with Crippen LogP contribution in [0.15, 0.2) is 0 Å². The van der Waals surface area contributed by atoms with Crippen molar-refractivity contribution in [1.82, 2.24) is 5.32 Å². The lowest BCUT2D eigenvalue weighted by molar-refractivity contribution is -0.235. The fourth-order valence-electron chi connectivity index (χ4n) is 8.00. The highest BCUT2D eigenvalue weighted by Crippen LogP contribution is 2.66. The topological polar surface area (TPSA) is 52.5 Å². The lowest BCUT2D eigenvalue weighted by Crippen LogP contribution is -2.65. The first kappa shape index (κ1) is 18.3. The number of hydrogen-bond donors (Lipinski definition) is 3. The van der Waals surface area contributed by atoms with Crippen molar-refractivity contribution in [3.05, 3.63) is 0 Å². The Hall–Kier alpha value is -0.120. The minimum atomic E-state index is -0.928. The van der Waals surface area contributed by atoms with Gasteiger partial charge < -0.3 is 15.5 Å². The van der Waals surface area contributed by atoms with Crippen LogP contribution in [0.2, 0.25) is 0 Å². The summed E-state index contributed by atoms with van der Waals surface area (Å²) >= 11 is 0. The Morgan fingerprint density at radius 3 is 2.36 bits per heavy atom. The summed E-state index contributed by atoms with van der Waals surface area (Å²) in [6.45, 7) is 6.79. The fraction of sp³-hybridized carbons (Fsp3) is 1.00. The molecule has 0 aromatic heterocycles. The van der Waals surface area contributed by atoms with Crippen LogP contribution in [0.5, 0.6) is 0 Å². The van der Waals surface area contributed by atoms with Gasteiger partial charge in [0.2, 0.25) is 0 Å². The van der Waals surface area contributed by atoms with Crippen LogP contribution in [0, 0.1) is 34.5 Å². The summed E-state index contributed by atoms with van der Waals surface area (Å²) in [4.78, 5) is 0. The number of rotatable bonds is 1. The third-order valence-corrected chi connectivity index (χ3v) is 10.0. The number of aliphatic hydroxyl groups is 2. The molecular formula is C22H39NO2. The lowest BCUT2D eigenvalue weighted by atomic mass is 9.41. The average Bonchev–Trinajstić information content (AvgIpc) is 2.58. The van der Waals surface area contributed by atoms with E-state index in [1.165, 1.54) is 38.5 Å². The first-order chi connectivity index (χ1) is 11.7. The summed E-state index contributed by atoms with van der Waals surface area (Å²) in [6.07, 6.45) is 10.4. The zero-order chi connectivity index (χ0) is 18.0. The van der Waals surface area contributed by atoms with Crippen molar-refractivity contribution in [1.29, 1.82) is 0 Å². The first-order valence-corrected chi connectivity index (χ1v) is 10.8. The van der Waals surface area contributed by atoms with Crippen LogP contribution in [-0.2, 0) is 0 Å². The second-order valence-electron chi connectivity index (χ2n) is 10.6. The second kappa shape index (κ2) is 5.94. The molecule has 9 atom stereocenters. The Balaban J connectivity index is 1.62. The van der Waals surface area contributed by atoms with Crippen molar-refractivity contribution in [2.24, 2.45) is 34.5 Å². The second-order valence-corrected chi connectivity index (χ2v) is 10.6. The predicted octanol–water partition coefficient (Wildman–Crippen LogP) is 3.73. The van der Waals surface area contributed by atoms with E-state index in [-0.39, 0.29) is 5.41 Å². The molecule has 0 amide bonds. The third-order valence-electron chi connectivity index (χ3n) is 10.0. The quantitative estimate of drug-likeness (QED) is 0.676. The van der Waals surface area contributed by atoms with Crippen molar-refractivity contribution in [2.45, 2.75) is 96.3 Å². The molecule has 9 unspecified atom stereocenters. The van der Waals surface area contributed by atoms with E-state index in [0.29, 0.717) is 17.4 Å². The van der Waals surface area contributed by atoms with E-state index in [9.17, 15) is 10.2 Å². The molecule has 4 saturated carbocycles. The van der Waals surface area contributed by atoms with Gasteiger partial charge in [-0.2, -0.15) is 0 Å². The minimum absolute atomic E-state index is 0.114. The molecule has 0 bridgehead atoms. The zero-order valence-electron chi connectivity index (χ0n) is 16.7. The van der Waals surface area contributed by atoms with Crippen LogP contribution in [0.1, 0.15) is 78.6 Å². The Morgan fingerprint density at radius 1 is 0.880 bits per heavy atom. The Labute approximate surface area is 154 Å². The molecule has 144 valence electrons. The zero-order valence-corrected chi connectivity index (χ0v) is 16.7. The van der Waals surface area contributed by atoms with Gasteiger partial charge in [0.25, 0.3) is 0 Å². The van der Waals surface area contributed by atoms with E-state index < -0.39 is 11.7 Å². The van der Waals surface area contributed by atoms with Gasteiger partial charge in [0.05, 0.1) is 11.7 Å². The van der Waals surface area contributed by atoms with E-state index in [1.807, 2.05) is 6.92 Å². The molecule has 3 N–H and O–H groups in total. The average molecular weight is 350 g/mol. The van der Waals surface area contributed by atoms with Crippen molar-refractivity contribution < 1.29 is 10.2 Å². The normalized spacial score (nSPS) is 58.8.